The molecule has 3 aromatic rings. The SMILES string of the molecule is CCOc1ccc(/C(O)=C2/C(=O)C(=O)N(CCCn3ccnc3)C2c2ccc(OC)cc2)cc1Cl. The highest BCUT2D eigenvalue weighted by Crippen LogP contribution is 2.40. The van der Waals surface area contributed by atoms with Gasteiger partial charge in [0, 0.05) is 31.0 Å². The first kappa shape index (κ1) is 24.3. The van der Waals surface area contributed by atoms with Gasteiger partial charge in [-0.3, -0.25) is 9.59 Å². The first-order chi connectivity index (χ1) is 16.9. The van der Waals surface area contributed by atoms with E-state index in [1.165, 1.54) is 11.0 Å². The second kappa shape index (κ2) is 10.7. The van der Waals surface area contributed by atoms with E-state index >= 15 is 0 Å². The Balaban J connectivity index is 1.73. The summed E-state index contributed by atoms with van der Waals surface area (Å²) in [5.74, 6) is -0.571. The number of hydrogen-bond acceptors (Lipinski definition) is 6. The Kier molecular flexibility index (Phi) is 7.41. The summed E-state index contributed by atoms with van der Waals surface area (Å²) in [4.78, 5) is 31.8. The van der Waals surface area contributed by atoms with Gasteiger partial charge >= 0.3 is 0 Å². The van der Waals surface area contributed by atoms with Crippen molar-refractivity contribution < 1.29 is 24.2 Å². The molecule has 1 aliphatic rings. The number of rotatable bonds is 9. The summed E-state index contributed by atoms with van der Waals surface area (Å²) in [5.41, 5.74) is 1.03. The summed E-state index contributed by atoms with van der Waals surface area (Å²) in [6.07, 6.45) is 5.83. The molecule has 1 N–H and O–H groups in total. The lowest BCUT2D eigenvalue weighted by Gasteiger charge is -2.25. The Morgan fingerprint density at radius 2 is 1.91 bits per heavy atom. The molecule has 4 rings (SSSR count). The molecule has 2 heterocycles. The standard InChI is InChI=1S/C26H26ClN3O5/c1-3-35-21-10-7-18(15-20(21)27)24(31)22-23(17-5-8-19(34-2)9-6-17)30(26(33)25(22)32)13-4-12-29-14-11-28-16-29/h5-11,14-16,23,31H,3-4,12-13H2,1-2H3/b24-22-. The molecule has 0 saturated carbocycles. The lowest BCUT2D eigenvalue weighted by Crippen LogP contribution is -2.31. The normalized spacial score (nSPS) is 17.1. The minimum atomic E-state index is -0.756. The molecule has 0 spiro atoms. The predicted molar refractivity (Wildman–Crippen MR) is 131 cm³/mol. The zero-order valence-corrected chi connectivity index (χ0v) is 20.2. The Morgan fingerprint density at radius 3 is 2.54 bits per heavy atom. The van der Waals surface area contributed by atoms with E-state index in [0.29, 0.717) is 53.8 Å². The molecule has 1 unspecified atom stereocenters. The Labute approximate surface area is 208 Å². The van der Waals surface area contributed by atoms with Crippen LogP contribution < -0.4 is 9.47 Å². The fourth-order valence-electron chi connectivity index (χ4n) is 4.16. The van der Waals surface area contributed by atoms with Crippen LogP contribution in [0.3, 0.4) is 0 Å². The van der Waals surface area contributed by atoms with E-state index in [1.807, 2.05) is 17.7 Å². The smallest absolute Gasteiger partial charge is 0.295 e. The van der Waals surface area contributed by atoms with Gasteiger partial charge in [-0.15, -0.1) is 0 Å². The molecule has 1 fully saturated rings. The fourth-order valence-corrected chi connectivity index (χ4v) is 4.40. The summed E-state index contributed by atoms with van der Waals surface area (Å²) in [7, 11) is 1.56. The number of carbonyl (C=O) groups is 2. The van der Waals surface area contributed by atoms with E-state index in [0.717, 1.165) is 0 Å². The van der Waals surface area contributed by atoms with E-state index in [9.17, 15) is 14.7 Å². The lowest BCUT2D eigenvalue weighted by atomic mass is 9.95. The number of imidazole rings is 1. The molecule has 1 saturated heterocycles. The molecule has 1 aromatic heterocycles. The van der Waals surface area contributed by atoms with Crippen molar-refractivity contribution in [3.8, 4) is 11.5 Å². The molecule has 0 radical (unpaired) electrons. The number of benzene rings is 2. The number of carbonyl (C=O) groups excluding carboxylic acids is 2. The molecule has 182 valence electrons. The minimum Gasteiger partial charge on any atom is -0.507 e. The number of Topliss-reactive ketones (excluding diaryl/α,β-unsaturated/α-hetero) is 1. The van der Waals surface area contributed by atoms with E-state index in [-0.39, 0.29) is 11.3 Å². The molecule has 8 nitrogen and oxygen atoms in total. The predicted octanol–water partition coefficient (Wildman–Crippen LogP) is 4.46. The highest BCUT2D eigenvalue weighted by atomic mass is 35.5. The van der Waals surface area contributed by atoms with E-state index in [2.05, 4.69) is 4.98 Å². The van der Waals surface area contributed by atoms with Gasteiger partial charge in [0.05, 0.1) is 36.7 Å². The van der Waals surface area contributed by atoms with Crippen molar-refractivity contribution in [2.45, 2.75) is 25.9 Å². The number of aromatic nitrogens is 2. The van der Waals surface area contributed by atoms with Crippen LogP contribution in [-0.4, -0.2) is 51.5 Å². The number of aliphatic hydroxyl groups excluding tert-OH is 1. The van der Waals surface area contributed by atoms with Crippen LogP contribution >= 0.6 is 11.6 Å². The fraction of sp³-hybridized carbons (Fsp3) is 0.269. The van der Waals surface area contributed by atoms with E-state index in [4.69, 9.17) is 21.1 Å². The number of ether oxygens (including phenoxy) is 2. The van der Waals surface area contributed by atoms with Gasteiger partial charge < -0.3 is 24.0 Å². The second-order valence-corrected chi connectivity index (χ2v) is 8.41. The molecule has 2 aromatic carbocycles. The third-order valence-corrected chi connectivity index (χ3v) is 6.15. The molecule has 1 amide bonds. The number of aliphatic hydroxyl groups is 1. The zero-order chi connectivity index (χ0) is 24.9. The van der Waals surface area contributed by atoms with Crippen LogP contribution in [0.15, 0.2) is 66.8 Å². The summed E-state index contributed by atoms with van der Waals surface area (Å²) < 4.78 is 12.6. The van der Waals surface area contributed by atoms with Crippen molar-refractivity contribution >= 4 is 29.1 Å². The summed E-state index contributed by atoms with van der Waals surface area (Å²) >= 11 is 6.31. The molecule has 35 heavy (non-hydrogen) atoms. The molecule has 1 atom stereocenters. The van der Waals surface area contributed by atoms with Gasteiger partial charge in [0.1, 0.15) is 17.3 Å². The maximum Gasteiger partial charge on any atom is 0.295 e. The van der Waals surface area contributed by atoms with Crippen LogP contribution in [0.4, 0.5) is 0 Å². The lowest BCUT2D eigenvalue weighted by molar-refractivity contribution is -0.139. The van der Waals surface area contributed by atoms with Crippen LogP contribution in [0.25, 0.3) is 5.76 Å². The van der Waals surface area contributed by atoms with Gasteiger partial charge in [0.2, 0.25) is 0 Å². The number of methoxy groups -OCH3 is 1. The number of nitrogens with zero attached hydrogens (tertiary/aromatic N) is 3. The van der Waals surface area contributed by atoms with Gasteiger partial charge in [-0.2, -0.15) is 0 Å². The second-order valence-electron chi connectivity index (χ2n) is 8.00. The highest BCUT2D eigenvalue weighted by Gasteiger charge is 2.45. The van der Waals surface area contributed by atoms with Crippen LogP contribution in [0.5, 0.6) is 11.5 Å². The van der Waals surface area contributed by atoms with Crippen molar-refractivity contribution in [3.63, 3.8) is 0 Å². The van der Waals surface area contributed by atoms with E-state index in [1.54, 1.807) is 56.0 Å². The Morgan fingerprint density at radius 1 is 1.14 bits per heavy atom. The van der Waals surface area contributed by atoms with Crippen molar-refractivity contribution in [2.75, 3.05) is 20.3 Å². The first-order valence-corrected chi connectivity index (χ1v) is 11.6. The third kappa shape index (κ3) is 5.02. The monoisotopic (exact) mass is 495 g/mol. The summed E-state index contributed by atoms with van der Waals surface area (Å²) in [5, 5.41) is 11.5. The third-order valence-electron chi connectivity index (χ3n) is 5.85. The number of halogens is 1. The largest absolute Gasteiger partial charge is 0.507 e. The molecule has 1 aliphatic heterocycles. The average Bonchev–Trinajstić information content (AvgIpc) is 3.47. The van der Waals surface area contributed by atoms with Gasteiger partial charge in [0.25, 0.3) is 11.7 Å². The molecular formula is C26H26ClN3O5. The number of ketones is 1. The quantitative estimate of drug-likeness (QED) is 0.268. The number of hydrogen-bond donors (Lipinski definition) is 1. The Hall–Kier alpha value is -3.78. The number of aryl methyl sites for hydroxylation is 1. The molecule has 0 aliphatic carbocycles. The Bertz CT molecular complexity index is 1240. The van der Waals surface area contributed by atoms with Gasteiger partial charge in [-0.05, 0) is 49.2 Å². The average molecular weight is 496 g/mol. The first-order valence-electron chi connectivity index (χ1n) is 11.3. The van der Waals surface area contributed by atoms with Crippen molar-refractivity contribution in [1.29, 1.82) is 0 Å². The van der Waals surface area contributed by atoms with Crippen LogP contribution in [0, 0.1) is 0 Å². The van der Waals surface area contributed by atoms with Crippen molar-refractivity contribution in [2.24, 2.45) is 0 Å². The van der Waals surface area contributed by atoms with Gasteiger partial charge in [0.15, 0.2) is 0 Å². The van der Waals surface area contributed by atoms with Crippen LogP contribution in [0.1, 0.15) is 30.5 Å². The maximum atomic E-state index is 13.2. The molecule has 0 bridgehead atoms. The maximum absolute atomic E-state index is 13.2. The van der Waals surface area contributed by atoms with Gasteiger partial charge in [-0.1, -0.05) is 23.7 Å². The van der Waals surface area contributed by atoms with Gasteiger partial charge in [-0.25, -0.2) is 4.98 Å². The van der Waals surface area contributed by atoms with E-state index < -0.39 is 17.7 Å². The summed E-state index contributed by atoms with van der Waals surface area (Å²) in [6.45, 7) is 3.23. The highest BCUT2D eigenvalue weighted by molar-refractivity contribution is 6.46. The topological polar surface area (TPSA) is 93.9 Å². The van der Waals surface area contributed by atoms with Crippen molar-refractivity contribution in [3.05, 3.63) is 82.9 Å². The molecular weight excluding hydrogens is 470 g/mol. The number of likely N-dealkylation sites (tertiary alicyclic amines) is 1. The van der Waals surface area contributed by atoms with Crippen molar-refractivity contribution in [1.82, 2.24) is 14.5 Å². The molecule has 9 heteroatoms. The summed E-state index contributed by atoms with van der Waals surface area (Å²) in [6, 6.07) is 11.1. The number of amides is 1. The zero-order valence-electron chi connectivity index (χ0n) is 19.5. The van der Waals surface area contributed by atoms with Crippen LogP contribution in [0.2, 0.25) is 5.02 Å². The minimum absolute atomic E-state index is 0.0167. The van der Waals surface area contributed by atoms with Crippen LogP contribution in [-0.2, 0) is 16.1 Å².